The average molecular weight is 619 g/mol. The number of aromatic nitrogens is 8. The van der Waals surface area contributed by atoms with Gasteiger partial charge in [0.1, 0.15) is 6.33 Å². The highest BCUT2D eigenvalue weighted by molar-refractivity contribution is 5.91. The van der Waals surface area contributed by atoms with Crippen molar-refractivity contribution in [3.63, 3.8) is 0 Å². The predicted molar refractivity (Wildman–Crippen MR) is 153 cm³/mol. The first-order chi connectivity index (χ1) is 21.5. The Morgan fingerprint density at radius 2 is 1.27 bits per heavy atom. The molecule has 20 nitrogen and oxygen atoms in total. The third kappa shape index (κ3) is 5.83. The maximum atomic E-state index is 12.2. The van der Waals surface area contributed by atoms with Crippen LogP contribution in [0.2, 0.25) is 0 Å². The molecule has 5 heterocycles. The molecule has 0 aliphatic heterocycles. The van der Waals surface area contributed by atoms with E-state index in [9.17, 15) is 9.59 Å². The number of rotatable bonds is 9. The summed E-state index contributed by atoms with van der Waals surface area (Å²) < 4.78 is 23.1. The van der Waals surface area contributed by atoms with Gasteiger partial charge < -0.3 is 29.8 Å². The van der Waals surface area contributed by atoms with Crippen molar-refractivity contribution in [1.82, 2.24) is 39.5 Å². The molecule has 232 valence electrons. The first-order valence-electron chi connectivity index (χ1n) is 13.1. The smallest absolute Gasteiger partial charge is 0.362 e. The number of ether oxygens (including phenoxy) is 2. The summed E-state index contributed by atoms with van der Waals surface area (Å²) in [4.78, 5) is 40.7. The molecule has 0 radical (unpaired) electrons. The Balaban J connectivity index is 1.45. The number of azo groups is 2. The van der Waals surface area contributed by atoms with Crippen LogP contribution in [0.1, 0.15) is 51.1 Å². The number of nitrogens with zero attached hydrogens (tertiary/aromatic N) is 12. The van der Waals surface area contributed by atoms with Crippen LogP contribution in [0, 0.1) is 27.7 Å². The second-order valence-corrected chi connectivity index (χ2v) is 9.08. The van der Waals surface area contributed by atoms with Crippen molar-refractivity contribution >= 4 is 46.7 Å². The summed E-state index contributed by atoms with van der Waals surface area (Å²) in [6.07, 6.45) is 1.27. The van der Waals surface area contributed by atoms with Crippen molar-refractivity contribution in [3.8, 4) is 11.6 Å². The van der Waals surface area contributed by atoms with Crippen molar-refractivity contribution < 1.29 is 27.9 Å². The molecule has 0 amide bonds. The minimum atomic E-state index is -0.734. The summed E-state index contributed by atoms with van der Waals surface area (Å²) in [6, 6.07) is 1.53. The Morgan fingerprint density at radius 3 is 1.71 bits per heavy atom. The van der Waals surface area contributed by atoms with Gasteiger partial charge >= 0.3 is 11.9 Å². The van der Waals surface area contributed by atoms with Crippen LogP contribution in [0.4, 0.5) is 34.8 Å². The van der Waals surface area contributed by atoms with E-state index in [1.807, 2.05) is 0 Å². The number of hydrogen-bond donors (Lipinski definition) is 2. The van der Waals surface area contributed by atoms with Crippen LogP contribution in [0.5, 0.6) is 0 Å². The molecule has 0 unspecified atom stereocenters. The Morgan fingerprint density at radius 1 is 0.800 bits per heavy atom. The number of oxazole rings is 2. The third-order valence-electron chi connectivity index (χ3n) is 5.96. The van der Waals surface area contributed by atoms with Crippen LogP contribution in [-0.2, 0) is 9.47 Å². The fourth-order valence-corrected chi connectivity index (χ4v) is 3.96. The highest BCUT2D eigenvalue weighted by Crippen LogP contribution is 2.33. The number of esters is 2. The topological polar surface area (TPSA) is 268 Å². The molecule has 4 N–H and O–H groups in total. The lowest BCUT2D eigenvalue weighted by Crippen LogP contribution is -2.09. The van der Waals surface area contributed by atoms with E-state index in [0.717, 1.165) is 0 Å². The molecule has 5 aromatic heterocycles. The summed E-state index contributed by atoms with van der Waals surface area (Å²) in [5.41, 5.74) is 13.7. The van der Waals surface area contributed by atoms with Crippen molar-refractivity contribution in [3.05, 3.63) is 47.0 Å². The van der Waals surface area contributed by atoms with Gasteiger partial charge in [-0.15, -0.1) is 20.5 Å². The van der Waals surface area contributed by atoms with Crippen LogP contribution in [0.15, 0.2) is 41.7 Å². The van der Waals surface area contributed by atoms with Crippen LogP contribution in [-0.4, -0.2) is 65.2 Å². The van der Waals surface area contributed by atoms with Gasteiger partial charge in [-0.3, -0.25) is 0 Å². The van der Waals surface area contributed by atoms with Gasteiger partial charge in [-0.05, 0) is 20.8 Å². The Hall–Kier alpha value is -6.34. The fraction of sp³-hybridized carbons (Fsp3) is 0.280. The first kappa shape index (κ1) is 30.1. The van der Waals surface area contributed by atoms with Crippen molar-refractivity contribution in [1.29, 1.82) is 0 Å². The minimum Gasteiger partial charge on any atom is -0.464 e. The van der Waals surface area contributed by atoms with Crippen molar-refractivity contribution in [2.75, 3.05) is 25.2 Å². The zero-order valence-electron chi connectivity index (χ0n) is 24.8. The molecule has 20 heteroatoms. The van der Waals surface area contributed by atoms with E-state index < -0.39 is 11.9 Å². The predicted octanol–water partition coefficient (Wildman–Crippen LogP) is 4.02. The summed E-state index contributed by atoms with van der Waals surface area (Å²) >= 11 is 0. The van der Waals surface area contributed by atoms with Gasteiger partial charge in [0.15, 0.2) is 46.4 Å². The van der Waals surface area contributed by atoms with Crippen LogP contribution in [0.25, 0.3) is 11.6 Å². The monoisotopic (exact) mass is 618 g/mol. The molecule has 0 atom stereocenters. The van der Waals surface area contributed by atoms with Gasteiger partial charge in [-0.25, -0.2) is 29.5 Å². The minimum absolute atomic E-state index is 0.0793. The molecule has 0 fully saturated rings. The highest BCUT2D eigenvalue weighted by atomic mass is 16.5. The summed E-state index contributed by atoms with van der Waals surface area (Å²) in [5, 5.41) is 25.1. The molecule has 0 saturated carbocycles. The molecule has 0 aliphatic carbocycles. The fourth-order valence-electron chi connectivity index (χ4n) is 3.96. The molecule has 5 rings (SSSR count). The Kier molecular flexibility index (Phi) is 8.11. The molecule has 0 saturated heterocycles. The van der Waals surface area contributed by atoms with E-state index in [1.54, 1.807) is 34.6 Å². The zero-order chi connectivity index (χ0) is 32.4. The lowest BCUT2D eigenvalue weighted by molar-refractivity contribution is 0.0519. The van der Waals surface area contributed by atoms with E-state index in [4.69, 9.17) is 29.8 Å². The number of anilines is 2. The van der Waals surface area contributed by atoms with Gasteiger partial charge in [0.05, 0.1) is 25.1 Å². The Bertz CT molecular complexity index is 1980. The molecular formula is C25H26N14O6. The van der Waals surface area contributed by atoms with E-state index >= 15 is 0 Å². The van der Waals surface area contributed by atoms with E-state index in [2.05, 4.69) is 50.6 Å². The van der Waals surface area contributed by atoms with E-state index in [-0.39, 0.29) is 76.2 Å². The lowest BCUT2D eigenvalue weighted by atomic mass is 10.4. The maximum absolute atomic E-state index is 12.2. The largest absolute Gasteiger partial charge is 0.464 e. The quantitative estimate of drug-likeness (QED) is 0.174. The van der Waals surface area contributed by atoms with Gasteiger partial charge in [-0.2, -0.15) is 19.6 Å². The molecule has 5 aromatic rings. The molecule has 0 bridgehead atoms. The van der Waals surface area contributed by atoms with E-state index in [0.29, 0.717) is 11.4 Å². The second kappa shape index (κ2) is 12.1. The molecule has 45 heavy (non-hydrogen) atoms. The summed E-state index contributed by atoms with van der Waals surface area (Å²) in [5.74, 6) is -0.657. The number of hydrogen-bond acceptors (Lipinski definition) is 18. The third-order valence-corrected chi connectivity index (χ3v) is 5.96. The summed E-state index contributed by atoms with van der Waals surface area (Å²) in [6.45, 7) is 8.25. The van der Waals surface area contributed by atoms with Gasteiger partial charge in [-0.1, -0.05) is 0 Å². The first-order valence-corrected chi connectivity index (χ1v) is 13.1. The lowest BCUT2D eigenvalue weighted by Gasteiger charge is -2.06. The zero-order valence-corrected chi connectivity index (χ0v) is 24.8. The SMILES string of the molecule is CCOC(=O)c1nc(C)oc1/N=N/c1c(C)nn(-c2cc(-n3nc(C)c(/N=N/c4oc(C)nc4C(=O)OC)c3N)ncn2)c1N. The Labute approximate surface area is 253 Å². The van der Waals surface area contributed by atoms with Crippen LogP contribution >= 0.6 is 0 Å². The van der Waals surface area contributed by atoms with Gasteiger partial charge in [0.25, 0.3) is 11.8 Å². The average Bonchev–Trinajstić information content (AvgIpc) is 3.74. The van der Waals surface area contributed by atoms with Crippen molar-refractivity contribution in [2.45, 2.75) is 34.6 Å². The number of carbonyl (C=O) groups is 2. The normalized spacial score (nSPS) is 11.6. The standard InChI is InChI=1S/C25H26N14O6/c1-7-43-25(41)19-23(45-13(5)31-19)35-33-17-11(3)37-39(21(17)27)15-8-14(28-9-29-15)38-20(26)16(10(2)36-38)32-34-22-18(24(40)42-6)30-12(4)44-22/h8-9H,7,26-27H2,1-6H3/b34-32+,35-33+. The van der Waals surface area contributed by atoms with E-state index in [1.165, 1.54) is 28.9 Å². The maximum Gasteiger partial charge on any atom is 0.362 e. The van der Waals surface area contributed by atoms with Gasteiger partial charge in [0, 0.05) is 19.9 Å². The van der Waals surface area contributed by atoms with Crippen molar-refractivity contribution in [2.24, 2.45) is 20.5 Å². The molecular weight excluding hydrogens is 592 g/mol. The van der Waals surface area contributed by atoms with Crippen LogP contribution in [0.3, 0.4) is 0 Å². The number of nitrogen functional groups attached to an aromatic ring is 2. The number of methoxy groups -OCH3 is 1. The second-order valence-electron chi connectivity index (χ2n) is 9.08. The molecule has 0 aliphatic rings. The van der Waals surface area contributed by atoms with Gasteiger partial charge in [0.2, 0.25) is 11.4 Å². The van der Waals surface area contributed by atoms with Crippen LogP contribution < -0.4 is 11.5 Å². The highest BCUT2D eigenvalue weighted by Gasteiger charge is 2.23. The molecule has 0 aromatic carbocycles. The number of carbonyl (C=O) groups excluding carboxylic acids is 2. The number of aryl methyl sites for hydroxylation is 4. The summed E-state index contributed by atoms with van der Waals surface area (Å²) in [7, 11) is 1.21. The molecule has 0 spiro atoms. The number of nitrogens with two attached hydrogens (primary N) is 2.